The molecular weight excluding hydrogens is 155 g/mol. The van der Waals surface area contributed by atoms with Gasteiger partial charge in [-0.05, 0) is 19.6 Å². The average molecular weight is 172 g/mol. The van der Waals surface area contributed by atoms with Crippen LogP contribution in [0.3, 0.4) is 0 Å². The molecule has 0 unspecified atom stereocenters. The Morgan fingerprint density at radius 2 is 1.42 bits per heavy atom. The van der Waals surface area contributed by atoms with Crippen LogP contribution in [0.4, 0.5) is 0 Å². The minimum absolute atomic E-state index is 1.14. The van der Waals surface area contributed by atoms with Gasteiger partial charge in [-0.25, -0.2) is 5.26 Å². The lowest BCUT2D eigenvalue weighted by Gasteiger charge is -2.13. The molecule has 0 aliphatic carbocycles. The maximum Gasteiger partial charge on any atom is 0.573 e. The molecule has 0 aliphatic rings. The van der Waals surface area contributed by atoms with Crippen molar-refractivity contribution in [2.75, 3.05) is 19.6 Å². The van der Waals surface area contributed by atoms with E-state index in [0.29, 0.717) is 0 Å². The number of nitriles is 1. The van der Waals surface area contributed by atoms with E-state index < -0.39 is 7.12 Å². The molecule has 0 heterocycles. The van der Waals surface area contributed by atoms with Crippen LogP contribution < -0.4 is 0 Å². The summed E-state index contributed by atoms with van der Waals surface area (Å²) in [6.45, 7) is 10.1. The molecule has 0 radical (unpaired) electrons. The standard InChI is InChI=1S/C6H15N.CH2BNO2/c1-4-7(5-2)6-3;3-1-2(4)5/h4-6H2,1-3H3;4-5H. The Balaban J connectivity index is 0. The fourth-order valence-electron chi connectivity index (χ4n) is 0.671. The summed E-state index contributed by atoms with van der Waals surface area (Å²) < 4.78 is 0. The molecule has 0 fully saturated rings. The van der Waals surface area contributed by atoms with Crippen molar-refractivity contribution in [3.8, 4) is 5.97 Å². The molecule has 5 heteroatoms. The van der Waals surface area contributed by atoms with Crippen LogP contribution >= 0.6 is 0 Å². The maximum atomic E-state index is 7.56. The number of hydrogen-bond acceptors (Lipinski definition) is 4. The van der Waals surface area contributed by atoms with Crippen LogP contribution in [0.25, 0.3) is 0 Å². The lowest BCUT2D eigenvalue weighted by atomic mass is 9.97. The molecule has 0 saturated heterocycles. The van der Waals surface area contributed by atoms with Crippen molar-refractivity contribution in [1.82, 2.24) is 4.90 Å². The van der Waals surface area contributed by atoms with Crippen LogP contribution in [0, 0.1) is 11.2 Å². The summed E-state index contributed by atoms with van der Waals surface area (Å²) in [5, 5.41) is 22.5. The van der Waals surface area contributed by atoms with E-state index in [9.17, 15) is 0 Å². The smallest absolute Gasteiger partial charge is 0.415 e. The highest BCUT2D eigenvalue weighted by atomic mass is 16.4. The Hall–Kier alpha value is -0.565. The van der Waals surface area contributed by atoms with Gasteiger partial charge in [0.15, 0.2) is 0 Å². The molecule has 0 aromatic rings. The van der Waals surface area contributed by atoms with Crippen LogP contribution in [0.1, 0.15) is 20.8 Å². The summed E-state index contributed by atoms with van der Waals surface area (Å²) in [4.78, 5) is 2.38. The Labute approximate surface area is 74.6 Å². The molecule has 0 bridgehead atoms. The Morgan fingerprint density at radius 3 is 1.42 bits per heavy atom. The summed E-state index contributed by atoms with van der Waals surface area (Å²) in [5.74, 6) is 1.14. The van der Waals surface area contributed by atoms with E-state index >= 15 is 0 Å². The number of rotatable bonds is 3. The molecule has 0 spiro atoms. The van der Waals surface area contributed by atoms with Gasteiger partial charge >= 0.3 is 7.12 Å². The fraction of sp³-hybridized carbons (Fsp3) is 0.857. The minimum atomic E-state index is -1.81. The summed E-state index contributed by atoms with van der Waals surface area (Å²) in [6, 6.07) is 0. The normalized spacial score (nSPS) is 8.42. The molecule has 0 atom stereocenters. The highest BCUT2D eigenvalue weighted by molar-refractivity contribution is 6.50. The van der Waals surface area contributed by atoms with Gasteiger partial charge in [0, 0.05) is 0 Å². The first-order chi connectivity index (χ1) is 5.62. The Morgan fingerprint density at radius 1 is 1.17 bits per heavy atom. The third-order valence-electron chi connectivity index (χ3n) is 1.46. The summed E-state index contributed by atoms with van der Waals surface area (Å²) in [7, 11) is -1.81. The van der Waals surface area contributed by atoms with Gasteiger partial charge in [-0.1, -0.05) is 20.8 Å². The third-order valence-corrected chi connectivity index (χ3v) is 1.46. The first-order valence-corrected chi connectivity index (χ1v) is 4.10. The molecule has 12 heavy (non-hydrogen) atoms. The zero-order valence-electron chi connectivity index (χ0n) is 7.99. The van der Waals surface area contributed by atoms with E-state index in [2.05, 4.69) is 25.7 Å². The van der Waals surface area contributed by atoms with E-state index in [1.807, 2.05) is 0 Å². The van der Waals surface area contributed by atoms with Crippen molar-refractivity contribution in [3.05, 3.63) is 0 Å². The summed E-state index contributed by atoms with van der Waals surface area (Å²) >= 11 is 0. The predicted octanol–water partition coefficient (Wildman–Crippen LogP) is -0.130. The van der Waals surface area contributed by atoms with Crippen LogP contribution in [0.15, 0.2) is 0 Å². The van der Waals surface area contributed by atoms with E-state index in [4.69, 9.17) is 15.3 Å². The van der Waals surface area contributed by atoms with E-state index in [0.717, 1.165) is 5.97 Å². The number of nitrogens with zero attached hydrogens (tertiary/aromatic N) is 2. The second-order valence-corrected chi connectivity index (χ2v) is 2.12. The molecule has 0 saturated carbocycles. The first-order valence-electron chi connectivity index (χ1n) is 4.10. The topological polar surface area (TPSA) is 67.5 Å². The molecule has 0 aliphatic heterocycles. The van der Waals surface area contributed by atoms with Crippen LogP contribution in [0.2, 0.25) is 0 Å². The quantitative estimate of drug-likeness (QED) is 0.582. The maximum absolute atomic E-state index is 7.56. The van der Waals surface area contributed by atoms with Gasteiger partial charge in [0.2, 0.25) is 0 Å². The number of hydrogen-bond donors (Lipinski definition) is 2. The van der Waals surface area contributed by atoms with Gasteiger partial charge in [0.05, 0.1) is 5.97 Å². The molecule has 0 rings (SSSR count). The van der Waals surface area contributed by atoms with Gasteiger partial charge in [-0.2, -0.15) is 0 Å². The van der Waals surface area contributed by atoms with Gasteiger partial charge in [-0.3, -0.25) is 0 Å². The van der Waals surface area contributed by atoms with E-state index in [-0.39, 0.29) is 0 Å². The molecule has 0 aromatic carbocycles. The van der Waals surface area contributed by atoms with Gasteiger partial charge in [0.1, 0.15) is 0 Å². The lowest BCUT2D eigenvalue weighted by molar-refractivity contribution is 0.321. The largest absolute Gasteiger partial charge is 0.573 e. The molecule has 0 aromatic heterocycles. The molecule has 4 nitrogen and oxygen atoms in total. The molecule has 2 N–H and O–H groups in total. The predicted molar refractivity (Wildman–Crippen MR) is 49.3 cm³/mol. The van der Waals surface area contributed by atoms with Crippen molar-refractivity contribution in [2.24, 2.45) is 0 Å². The Bertz CT molecular complexity index is 116. The SMILES string of the molecule is CCN(CC)CC.N#CB(O)O. The third kappa shape index (κ3) is 12.1. The highest BCUT2D eigenvalue weighted by Crippen LogP contribution is 1.81. The van der Waals surface area contributed by atoms with Crippen LogP contribution in [-0.2, 0) is 0 Å². The fourth-order valence-corrected chi connectivity index (χ4v) is 0.671. The zero-order valence-corrected chi connectivity index (χ0v) is 7.99. The minimum Gasteiger partial charge on any atom is -0.415 e. The van der Waals surface area contributed by atoms with E-state index in [1.54, 1.807) is 0 Å². The van der Waals surface area contributed by atoms with Crippen LogP contribution in [0.5, 0.6) is 0 Å². The van der Waals surface area contributed by atoms with Crippen molar-refractivity contribution >= 4 is 7.12 Å². The lowest BCUT2D eigenvalue weighted by Crippen LogP contribution is -2.21. The second kappa shape index (κ2) is 10.4. The Kier molecular flexibility index (Phi) is 12.2. The van der Waals surface area contributed by atoms with Gasteiger partial charge < -0.3 is 14.9 Å². The molecule has 70 valence electrons. The first kappa shape index (κ1) is 14.0. The highest BCUT2D eigenvalue weighted by Gasteiger charge is 1.98. The van der Waals surface area contributed by atoms with Crippen LogP contribution in [-0.4, -0.2) is 41.7 Å². The summed E-state index contributed by atoms with van der Waals surface area (Å²) in [5.41, 5.74) is 0. The monoisotopic (exact) mass is 172 g/mol. The average Bonchev–Trinajstić information content (AvgIpc) is 2.09. The summed E-state index contributed by atoms with van der Waals surface area (Å²) in [6.07, 6.45) is 0. The van der Waals surface area contributed by atoms with Crippen molar-refractivity contribution in [1.29, 1.82) is 5.26 Å². The van der Waals surface area contributed by atoms with Gasteiger partial charge in [-0.15, -0.1) is 0 Å². The van der Waals surface area contributed by atoms with Crippen molar-refractivity contribution < 1.29 is 10.0 Å². The molecule has 0 amide bonds. The van der Waals surface area contributed by atoms with Gasteiger partial charge in [0.25, 0.3) is 0 Å². The van der Waals surface area contributed by atoms with Crippen molar-refractivity contribution in [2.45, 2.75) is 20.8 Å². The van der Waals surface area contributed by atoms with Crippen molar-refractivity contribution in [3.63, 3.8) is 0 Å². The van der Waals surface area contributed by atoms with E-state index in [1.165, 1.54) is 19.6 Å². The second-order valence-electron chi connectivity index (χ2n) is 2.12. The molecular formula is C7H17BN2O2. The zero-order chi connectivity index (χ0) is 9.98.